The summed E-state index contributed by atoms with van der Waals surface area (Å²) in [6, 6.07) is 5.13. The van der Waals surface area contributed by atoms with Gasteiger partial charge in [-0.25, -0.2) is 8.78 Å². The highest BCUT2D eigenvalue weighted by atomic mass is 127. The van der Waals surface area contributed by atoms with Crippen LogP contribution in [0.1, 0.15) is 5.56 Å². The van der Waals surface area contributed by atoms with E-state index in [1.54, 1.807) is 12.1 Å². The first kappa shape index (κ1) is 16.5. The van der Waals surface area contributed by atoms with Crippen molar-refractivity contribution in [1.82, 2.24) is 0 Å². The van der Waals surface area contributed by atoms with Gasteiger partial charge in [0.2, 0.25) is 0 Å². The summed E-state index contributed by atoms with van der Waals surface area (Å²) in [4.78, 5) is 0. The second-order valence-electron chi connectivity index (χ2n) is 3.92. The van der Waals surface area contributed by atoms with E-state index in [2.05, 4.69) is 15.9 Å². The Labute approximate surface area is 138 Å². The van der Waals surface area contributed by atoms with E-state index in [-0.39, 0.29) is 17.9 Å². The minimum atomic E-state index is -4.83. The SMILES string of the molecule is Fc1cc(C(F)(F)F)cc(F)c1Oc1cccc(I)c1Br. The monoisotopic (exact) mass is 478 g/mol. The fourth-order valence-corrected chi connectivity index (χ4v) is 2.31. The fourth-order valence-electron chi connectivity index (χ4n) is 1.49. The van der Waals surface area contributed by atoms with Crippen molar-refractivity contribution in [2.75, 3.05) is 0 Å². The second-order valence-corrected chi connectivity index (χ2v) is 5.88. The third-order valence-corrected chi connectivity index (χ3v) is 4.91. The number of alkyl halides is 3. The van der Waals surface area contributed by atoms with Crippen molar-refractivity contribution in [3.05, 3.63) is 55.6 Å². The highest BCUT2D eigenvalue weighted by Gasteiger charge is 2.33. The van der Waals surface area contributed by atoms with Crippen molar-refractivity contribution in [2.45, 2.75) is 6.18 Å². The summed E-state index contributed by atoms with van der Waals surface area (Å²) in [5.41, 5.74) is -1.41. The maximum absolute atomic E-state index is 13.7. The van der Waals surface area contributed by atoms with Crippen molar-refractivity contribution < 1.29 is 26.7 Å². The average molecular weight is 479 g/mol. The van der Waals surface area contributed by atoms with Gasteiger partial charge in [-0.15, -0.1) is 0 Å². The third kappa shape index (κ3) is 3.65. The molecule has 0 radical (unpaired) electrons. The molecule has 0 atom stereocenters. The predicted molar refractivity (Wildman–Crippen MR) is 78.3 cm³/mol. The zero-order chi connectivity index (χ0) is 15.8. The molecule has 0 saturated heterocycles. The molecule has 0 saturated carbocycles. The van der Waals surface area contributed by atoms with Gasteiger partial charge in [0.15, 0.2) is 17.4 Å². The molecule has 112 valence electrons. The van der Waals surface area contributed by atoms with Gasteiger partial charge in [0, 0.05) is 3.57 Å². The van der Waals surface area contributed by atoms with E-state index in [0.29, 0.717) is 4.47 Å². The van der Waals surface area contributed by atoms with Gasteiger partial charge in [0.25, 0.3) is 0 Å². The molecule has 0 heterocycles. The van der Waals surface area contributed by atoms with Gasteiger partial charge in [-0.3, -0.25) is 0 Å². The molecule has 2 aromatic carbocycles. The lowest BCUT2D eigenvalue weighted by Crippen LogP contribution is -2.07. The van der Waals surface area contributed by atoms with Gasteiger partial charge < -0.3 is 4.74 Å². The van der Waals surface area contributed by atoms with Crippen molar-refractivity contribution in [3.63, 3.8) is 0 Å². The van der Waals surface area contributed by atoms with Crippen LogP contribution in [0, 0.1) is 15.2 Å². The molecule has 0 aliphatic heterocycles. The van der Waals surface area contributed by atoms with Crippen LogP contribution in [0.25, 0.3) is 0 Å². The zero-order valence-corrected chi connectivity index (χ0v) is 13.7. The molecular weight excluding hydrogens is 474 g/mol. The van der Waals surface area contributed by atoms with Crippen molar-refractivity contribution >= 4 is 38.5 Å². The fraction of sp³-hybridized carbons (Fsp3) is 0.0769. The number of ether oxygens (including phenoxy) is 1. The standard InChI is InChI=1S/C13H5BrF5IO/c14-11-9(20)2-1-3-10(11)21-12-7(15)4-6(5-8(12)16)13(17,18)19/h1-5H. The molecule has 0 aliphatic carbocycles. The van der Waals surface area contributed by atoms with Gasteiger partial charge in [-0.1, -0.05) is 6.07 Å². The van der Waals surface area contributed by atoms with Gasteiger partial charge in [0.05, 0.1) is 10.0 Å². The van der Waals surface area contributed by atoms with Crippen LogP contribution in [-0.2, 0) is 6.18 Å². The van der Waals surface area contributed by atoms with Crippen LogP contribution >= 0.6 is 38.5 Å². The Kier molecular flexibility index (Phi) is 4.76. The molecule has 0 unspecified atom stereocenters. The molecule has 21 heavy (non-hydrogen) atoms. The molecule has 1 nitrogen and oxygen atoms in total. The Morgan fingerprint density at radius 2 is 1.62 bits per heavy atom. The van der Waals surface area contributed by atoms with E-state index >= 15 is 0 Å². The molecule has 0 aliphatic rings. The first-order valence-corrected chi connectivity index (χ1v) is 7.25. The summed E-state index contributed by atoms with van der Waals surface area (Å²) in [5, 5.41) is 0. The summed E-state index contributed by atoms with van der Waals surface area (Å²) < 4.78 is 70.9. The lowest BCUT2D eigenvalue weighted by Gasteiger charge is -2.13. The Morgan fingerprint density at radius 1 is 1.05 bits per heavy atom. The number of rotatable bonds is 2. The molecule has 0 aromatic heterocycles. The molecule has 0 amide bonds. The molecular formula is C13H5BrF5IO. The minimum absolute atomic E-state index is 0.0967. The maximum atomic E-state index is 13.7. The lowest BCUT2D eigenvalue weighted by atomic mass is 10.2. The van der Waals surface area contributed by atoms with E-state index in [4.69, 9.17) is 4.74 Å². The molecule has 8 heteroatoms. The molecule has 0 bridgehead atoms. The first-order valence-electron chi connectivity index (χ1n) is 5.38. The Bertz CT molecular complexity index is 664. The van der Waals surface area contributed by atoms with E-state index in [0.717, 1.165) is 3.57 Å². The smallest absolute Gasteiger partial charge is 0.416 e. The predicted octanol–water partition coefficient (Wildman–Crippen LogP) is 6.14. The summed E-state index contributed by atoms with van der Waals surface area (Å²) in [6.45, 7) is 0. The number of hydrogen-bond donors (Lipinski definition) is 0. The summed E-state index contributed by atoms with van der Waals surface area (Å²) in [7, 11) is 0. The third-order valence-electron chi connectivity index (χ3n) is 2.45. The number of benzene rings is 2. The molecule has 0 spiro atoms. The van der Waals surface area contributed by atoms with Crippen LogP contribution in [0.3, 0.4) is 0 Å². The van der Waals surface area contributed by atoms with E-state index in [9.17, 15) is 22.0 Å². The van der Waals surface area contributed by atoms with Crippen LogP contribution in [0.4, 0.5) is 22.0 Å². The van der Waals surface area contributed by atoms with Gasteiger partial charge in [-0.2, -0.15) is 13.2 Å². The Balaban J connectivity index is 2.44. The molecule has 2 aromatic rings. The Hall–Kier alpha value is -0.900. The second kappa shape index (κ2) is 6.07. The normalized spacial score (nSPS) is 11.6. The largest absolute Gasteiger partial charge is 0.450 e. The van der Waals surface area contributed by atoms with Crippen LogP contribution < -0.4 is 4.74 Å². The summed E-state index contributed by atoms with van der Waals surface area (Å²) >= 11 is 5.14. The average Bonchev–Trinajstić information content (AvgIpc) is 2.37. The van der Waals surface area contributed by atoms with Gasteiger partial charge >= 0.3 is 6.18 Å². The van der Waals surface area contributed by atoms with E-state index in [1.807, 2.05) is 22.6 Å². The van der Waals surface area contributed by atoms with E-state index in [1.165, 1.54) is 6.07 Å². The molecule has 2 rings (SSSR count). The van der Waals surface area contributed by atoms with Crippen LogP contribution in [0.15, 0.2) is 34.8 Å². The number of halogens is 7. The Morgan fingerprint density at radius 3 is 2.14 bits per heavy atom. The topological polar surface area (TPSA) is 9.23 Å². The van der Waals surface area contributed by atoms with Crippen molar-refractivity contribution in [1.29, 1.82) is 0 Å². The van der Waals surface area contributed by atoms with Crippen molar-refractivity contribution in [2.24, 2.45) is 0 Å². The molecule has 0 fully saturated rings. The number of hydrogen-bond acceptors (Lipinski definition) is 1. The minimum Gasteiger partial charge on any atom is -0.450 e. The van der Waals surface area contributed by atoms with Crippen molar-refractivity contribution in [3.8, 4) is 11.5 Å². The summed E-state index contributed by atoms with van der Waals surface area (Å²) in [5.74, 6) is -3.63. The van der Waals surface area contributed by atoms with Crippen LogP contribution in [-0.4, -0.2) is 0 Å². The zero-order valence-electron chi connectivity index (χ0n) is 9.94. The van der Waals surface area contributed by atoms with E-state index < -0.39 is 29.1 Å². The highest BCUT2D eigenvalue weighted by molar-refractivity contribution is 14.1. The van der Waals surface area contributed by atoms with Crippen LogP contribution in [0.2, 0.25) is 0 Å². The lowest BCUT2D eigenvalue weighted by molar-refractivity contribution is -0.138. The molecule has 0 N–H and O–H groups in total. The first-order chi connectivity index (χ1) is 9.70. The van der Waals surface area contributed by atoms with Crippen LogP contribution in [0.5, 0.6) is 11.5 Å². The highest BCUT2D eigenvalue weighted by Crippen LogP contribution is 2.38. The summed E-state index contributed by atoms with van der Waals surface area (Å²) in [6.07, 6.45) is -4.83. The van der Waals surface area contributed by atoms with Gasteiger partial charge in [-0.05, 0) is 62.8 Å². The van der Waals surface area contributed by atoms with Gasteiger partial charge in [0.1, 0.15) is 5.75 Å². The maximum Gasteiger partial charge on any atom is 0.416 e. The quantitative estimate of drug-likeness (QED) is 0.372.